The molecule has 0 aliphatic carbocycles. The van der Waals surface area contributed by atoms with Gasteiger partial charge >= 0.3 is 0 Å². The van der Waals surface area contributed by atoms with Crippen LogP contribution in [0, 0.1) is 0 Å². The molecule has 0 spiro atoms. The van der Waals surface area contributed by atoms with E-state index in [4.69, 9.17) is 0 Å². The van der Waals surface area contributed by atoms with E-state index in [1.807, 2.05) is 12.1 Å². The zero-order valence-corrected chi connectivity index (χ0v) is 15.5. The second-order valence-electron chi connectivity index (χ2n) is 7.52. The summed E-state index contributed by atoms with van der Waals surface area (Å²) < 4.78 is 2.17. The minimum absolute atomic E-state index is 0.0346. The zero-order valence-electron chi connectivity index (χ0n) is 15.5. The van der Waals surface area contributed by atoms with Crippen molar-refractivity contribution in [1.82, 2.24) is 25.1 Å². The van der Waals surface area contributed by atoms with Crippen molar-refractivity contribution in [2.45, 2.75) is 58.0 Å². The highest BCUT2D eigenvalue weighted by atomic mass is 16.1. The van der Waals surface area contributed by atoms with Crippen molar-refractivity contribution in [2.24, 2.45) is 0 Å². The van der Waals surface area contributed by atoms with Gasteiger partial charge in [0, 0.05) is 44.2 Å². The summed E-state index contributed by atoms with van der Waals surface area (Å²) in [6, 6.07) is 3.81. The Morgan fingerprint density at radius 3 is 2.85 bits per heavy atom. The first-order valence-electron chi connectivity index (χ1n) is 9.56. The lowest BCUT2D eigenvalue weighted by Crippen LogP contribution is -2.42. The van der Waals surface area contributed by atoms with Crippen LogP contribution in [0.15, 0.2) is 18.3 Å². The fourth-order valence-electron chi connectivity index (χ4n) is 3.91. The molecule has 1 fully saturated rings. The Kier molecular flexibility index (Phi) is 4.61. The lowest BCUT2D eigenvalue weighted by Gasteiger charge is -2.27. The molecule has 0 bridgehead atoms. The van der Waals surface area contributed by atoms with Crippen LogP contribution in [0.25, 0.3) is 0 Å². The lowest BCUT2D eigenvalue weighted by atomic mass is 10.1. The summed E-state index contributed by atoms with van der Waals surface area (Å²) in [6.07, 6.45) is 5.82. The molecule has 2 aromatic rings. The minimum Gasteiger partial charge on any atom is -0.356 e. The average Bonchev–Trinajstić information content (AvgIpc) is 3.31. The highest BCUT2D eigenvalue weighted by Crippen LogP contribution is 2.23. The molecule has 1 amide bonds. The molecule has 26 heavy (non-hydrogen) atoms. The highest BCUT2D eigenvalue weighted by molar-refractivity contribution is 5.99. The van der Waals surface area contributed by atoms with E-state index < -0.39 is 0 Å². The summed E-state index contributed by atoms with van der Waals surface area (Å²) in [5, 5.41) is 11.8. The van der Waals surface area contributed by atoms with Crippen LogP contribution in [-0.2, 0) is 13.0 Å². The fraction of sp³-hybridized carbons (Fsp3) is 0.579. The van der Waals surface area contributed by atoms with Crippen molar-refractivity contribution in [3.05, 3.63) is 35.5 Å². The predicted octanol–water partition coefficient (Wildman–Crippen LogP) is 2.14. The molecule has 7 heteroatoms. The summed E-state index contributed by atoms with van der Waals surface area (Å²) in [5.41, 5.74) is 0.674. The van der Waals surface area contributed by atoms with Crippen LogP contribution in [-0.4, -0.2) is 44.8 Å². The topological polar surface area (TPSA) is 75.9 Å². The summed E-state index contributed by atoms with van der Waals surface area (Å²) in [4.78, 5) is 19.6. The molecule has 0 aromatic carbocycles. The largest absolute Gasteiger partial charge is 0.356 e. The molecule has 0 saturated carbocycles. The van der Waals surface area contributed by atoms with Gasteiger partial charge < -0.3 is 14.8 Å². The second-order valence-corrected chi connectivity index (χ2v) is 7.52. The van der Waals surface area contributed by atoms with Crippen LogP contribution in [0.3, 0.4) is 0 Å². The average molecular weight is 354 g/mol. The number of hydrogen-bond donors (Lipinski definition) is 1. The van der Waals surface area contributed by atoms with Gasteiger partial charge in [0.2, 0.25) is 0 Å². The molecule has 7 nitrogen and oxygen atoms in total. The van der Waals surface area contributed by atoms with Crippen LogP contribution in [0.1, 0.15) is 61.0 Å². The minimum atomic E-state index is -0.0346. The number of amides is 1. The van der Waals surface area contributed by atoms with Crippen molar-refractivity contribution in [3.8, 4) is 0 Å². The van der Waals surface area contributed by atoms with Gasteiger partial charge in [-0.2, -0.15) is 0 Å². The van der Waals surface area contributed by atoms with Crippen molar-refractivity contribution < 1.29 is 4.79 Å². The van der Waals surface area contributed by atoms with Crippen molar-refractivity contribution >= 4 is 11.7 Å². The van der Waals surface area contributed by atoms with Gasteiger partial charge in [-0.05, 0) is 31.4 Å². The van der Waals surface area contributed by atoms with E-state index in [1.165, 1.54) is 0 Å². The van der Waals surface area contributed by atoms with Crippen LogP contribution in [0.2, 0.25) is 0 Å². The summed E-state index contributed by atoms with van der Waals surface area (Å²) in [5.74, 6) is 3.13. The van der Waals surface area contributed by atoms with Gasteiger partial charge in [0.05, 0.1) is 5.56 Å². The lowest BCUT2D eigenvalue weighted by molar-refractivity contribution is 0.0927. The number of carbonyl (C=O) groups is 1. The van der Waals surface area contributed by atoms with Crippen LogP contribution >= 0.6 is 0 Å². The SMILES string of the molecule is CC(C)c1nnc2n1CC(NC(=O)c1cccnc1N1CCCC1)CC2. The van der Waals surface area contributed by atoms with E-state index >= 15 is 0 Å². The van der Waals surface area contributed by atoms with Gasteiger partial charge in [-0.3, -0.25) is 4.79 Å². The van der Waals surface area contributed by atoms with Crippen molar-refractivity contribution in [3.63, 3.8) is 0 Å². The number of aromatic nitrogens is 4. The molecule has 1 N–H and O–H groups in total. The Balaban J connectivity index is 1.50. The molecular weight excluding hydrogens is 328 g/mol. The fourth-order valence-corrected chi connectivity index (χ4v) is 3.91. The zero-order chi connectivity index (χ0) is 18.1. The number of anilines is 1. The van der Waals surface area contributed by atoms with E-state index in [0.717, 1.165) is 62.8 Å². The maximum Gasteiger partial charge on any atom is 0.255 e. The molecule has 2 aromatic heterocycles. The van der Waals surface area contributed by atoms with Gasteiger partial charge in [0.15, 0.2) is 0 Å². The van der Waals surface area contributed by atoms with Gasteiger partial charge in [-0.1, -0.05) is 13.8 Å². The van der Waals surface area contributed by atoms with E-state index in [9.17, 15) is 4.79 Å². The van der Waals surface area contributed by atoms with Gasteiger partial charge in [-0.15, -0.1) is 10.2 Å². The third-order valence-corrected chi connectivity index (χ3v) is 5.26. The Labute approximate surface area is 153 Å². The van der Waals surface area contributed by atoms with E-state index in [0.29, 0.717) is 11.5 Å². The van der Waals surface area contributed by atoms with Gasteiger partial charge in [0.1, 0.15) is 17.5 Å². The Morgan fingerprint density at radius 1 is 1.27 bits per heavy atom. The predicted molar refractivity (Wildman–Crippen MR) is 99.4 cm³/mol. The third kappa shape index (κ3) is 3.18. The standard InChI is InChI=1S/C19H26N6O/c1-13(2)17-23-22-16-8-7-14(12-25(16)17)21-19(26)15-6-5-9-20-18(15)24-10-3-4-11-24/h5-6,9,13-14H,3-4,7-8,10-12H2,1-2H3,(H,21,26). The molecule has 1 saturated heterocycles. The number of carbonyl (C=O) groups excluding carboxylic acids is 1. The van der Waals surface area contributed by atoms with Crippen LogP contribution in [0.4, 0.5) is 5.82 Å². The van der Waals surface area contributed by atoms with Gasteiger partial charge in [-0.25, -0.2) is 4.98 Å². The molecule has 4 rings (SSSR count). The summed E-state index contributed by atoms with van der Waals surface area (Å²) in [6.45, 7) is 6.93. The first-order valence-corrected chi connectivity index (χ1v) is 9.56. The second kappa shape index (κ2) is 7.05. The van der Waals surface area contributed by atoms with E-state index in [-0.39, 0.29) is 11.9 Å². The summed E-state index contributed by atoms with van der Waals surface area (Å²) >= 11 is 0. The van der Waals surface area contributed by atoms with Crippen molar-refractivity contribution in [2.75, 3.05) is 18.0 Å². The Bertz CT molecular complexity index is 793. The summed E-state index contributed by atoms with van der Waals surface area (Å²) in [7, 11) is 0. The maximum absolute atomic E-state index is 12.9. The number of nitrogens with one attached hydrogen (secondary N) is 1. The molecule has 1 unspecified atom stereocenters. The van der Waals surface area contributed by atoms with Crippen LogP contribution < -0.4 is 10.2 Å². The number of pyridine rings is 1. The first kappa shape index (κ1) is 17.0. The number of aryl methyl sites for hydroxylation is 1. The Hall–Kier alpha value is -2.44. The van der Waals surface area contributed by atoms with Gasteiger partial charge in [0.25, 0.3) is 5.91 Å². The number of rotatable bonds is 4. The molecule has 4 heterocycles. The molecule has 138 valence electrons. The first-order chi connectivity index (χ1) is 12.6. The molecule has 1 atom stereocenters. The maximum atomic E-state index is 12.9. The molecular formula is C19H26N6O. The third-order valence-electron chi connectivity index (χ3n) is 5.26. The van der Waals surface area contributed by atoms with E-state index in [2.05, 4.69) is 43.8 Å². The quantitative estimate of drug-likeness (QED) is 0.910. The smallest absolute Gasteiger partial charge is 0.255 e. The number of hydrogen-bond acceptors (Lipinski definition) is 5. The number of nitrogens with zero attached hydrogens (tertiary/aromatic N) is 5. The van der Waals surface area contributed by atoms with E-state index in [1.54, 1.807) is 6.20 Å². The van der Waals surface area contributed by atoms with Crippen LogP contribution in [0.5, 0.6) is 0 Å². The normalized spacial score (nSPS) is 19.7. The number of fused-ring (bicyclic) bond motifs is 1. The Morgan fingerprint density at radius 2 is 2.08 bits per heavy atom. The highest BCUT2D eigenvalue weighted by Gasteiger charge is 2.27. The molecule has 2 aliphatic rings. The molecule has 0 radical (unpaired) electrons. The molecule has 2 aliphatic heterocycles. The van der Waals surface area contributed by atoms with Crippen molar-refractivity contribution in [1.29, 1.82) is 0 Å². The monoisotopic (exact) mass is 354 g/mol.